The van der Waals surface area contributed by atoms with Crippen LogP contribution in [-0.2, 0) is 0 Å². The van der Waals surface area contributed by atoms with Gasteiger partial charge in [-0.1, -0.05) is 6.92 Å². The molecule has 0 radical (unpaired) electrons. The van der Waals surface area contributed by atoms with Gasteiger partial charge in [0, 0.05) is 17.3 Å². The highest BCUT2D eigenvalue weighted by atomic mass is 32.2. The maximum Gasteiger partial charge on any atom is 0.145 e. The Balaban J connectivity index is 2.07. The molecule has 96 valence electrons. The number of pyridine rings is 1. The van der Waals surface area contributed by atoms with E-state index in [2.05, 4.69) is 11.9 Å². The van der Waals surface area contributed by atoms with E-state index in [9.17, 15) is 0 Å². The number of rotatable bonds is 6. The number of benzene rings is 1. The van der Waals surface area contributed by atoms with Crippen LogP contribution in [0.1, 0.15) is 13.3 Å². The minimum absolute atomic E-state index is 0.725. The van der Waals surface area contributed by atoms with Crippen molar-refractivity contribution in [2.24, 2.45) is 0 Å². The number of nitrogens with zero attached hydrogens (tertiary/aromatic N) is 1. The second kappa shape index (κ2) is 6.50. The molecule has 3 nitrogen and oxygen atoms in total. The summed E-state index contributed by atoms with van der Waals surface area (Å²) in [5, 5.41) is 0.956. The first kappa shape index (κ1) is 13.0. The molecule has 0 amide bonds. The van der Waals surface area contributed by atoms with Crippen LogP contribution in [0.2, 0.25) is 0 Å². The first-order chi connectivity index (χ1) is 8.83. The molecule has 1 aromatic carbocycles. The number of thioether (sulfide) groups is 1. The molecule has 1 aromatic heterocycles. The molecule has 0 saturated heterocycles. The summed E-state index contributed by atoms with van der Waals surface area (Å²) in [6.07, 6.45) is 2.82. The van der Waals surface area contributed by atoms with Gasteiger partial charge in [0.05, 0.1) is 6.61 Å². The molecule has 4 heteroatoms. The summed E-state index contributed by atoms with van der Waals surface area (Å²) < 4.78 is 5.79. The van der Waals surface area contributed by atoms with E-state index in [1.807, 2.05) is 36.0 Å². The zero-order valence-corrected chi connectivity index (χ0v) is 11.4. The zero-order valence-electron chi connectivity index (χ0n) is 10.6. The molecule has 0 atom stereocenters. The van der Waals surface area contributed by atoms with Crippen molar-refractivity contribution in [3.63, 3.8) is 0 Å². The molecular weight excluding hydrogens is 244 g/mol. The van der Waals surface area contributed by atoms with Crippen LogP contribution in [0.3, 0.4) is 0 Å². The van der Waals surface area contributed by atoms with Crippen molar-refractivity contribution >= 4 is 28.4 Å². The summed E-state index contributed by atoms with van der Waals surface area (Å²) in [5.74, 6) is 3.12. The quantitative estimate of drug-likeness (QED) is 0.640. The highest BCUT2D eigenvalue weighted by Gasteiger charge is 2.05. The van der Waals surface area contributed by atoms with Crippen LogP contribution in [0.5, 0.6) is 5.75 Å². The van der Waals surface area contributed by atoms with Crippen LogP contribution in [0.15, 0.2) is 30.5 Å². The largest absolute Gasteiger partial charge is 0.491 e. The van der Waals surface area contributed by atoms with Crippen LogP contribution in [0.4, 0.5) is 5.69 Å². The Kier molecular flexibility index (Phi) is 4.70. The topological polar surface area (TPSA) is 48.1 Å². The highest BCUT2D eigenvalue weighted by Crippen LogP contribution is 2.28. The standard InChI is InChI=1S/C14H18N2OS/c1-2-18-10-4-9-17-13-7-6-12(15)11-5-3-8-16-14(11)13/h3,5-8H,2,4,9-10,15H2,1H3. The van der Waals surface area contributed by atoms with E-state index in [-0.39, 0.29) is 0 Å². The van der Waals surface area contributed by atoms with Crippen molar-refractivity contribution in [3.05, 3.63) is 30.5 Å². The second-order valence-electron chi connectivity index (χ2n) is 3.95. The number of hydrogen-bond donors (Lipinski definition) is 1. The molecule has 0 spiro atoms. The van der Waals surface area contributed by atoms with Gasteiger partial charge in [0.15, 0.2) is 0 Å². The Morgan fingerprint density at radius 3 is 3.06 bits per heavy atom. The molecule has 18 heavy (non-hydrogen) atoms. The van der Waals surface area contributed by atoms with Crippen LogP contribution in [0.25, 0.3) is 10.9 Å². The third kappa shape index (κ3) is 3.07. The maximum atomic E-state index is 5.92. The van der Waals surface area contributed by atoms with Gasteiger partial charge in [-0.05, 0) is 42.2 Å². The molecular formula is C14H18N2OS. The van der Waals surface area contributed by atoms with Crippen molar-refractivity contribution in [1.29, 1.82) is 0 Å². The average Bonchev–Trinajstić information content (AvgIpc) is 2.41. The van der Waals surface area contributed by atoms with E-state index in [1.165, 1.54) is 0 Å². The van der Waals surface area contributed by atoms with Crippen molar-refractivity contribution in [3.8, 4) is 5.75 Å². The van der Waals surface area contributed by atoms with Crippen molar-refractivity contribution in [1.82, 2.24) is 4.98 Å². The van der Waals surface area contributed by atoms with Crippen LogP contribution in [0, 0.1) is 0 Å². The van der Waals surface area contributed by atoms with Gasteiger partial charge in [0.1, 0.15) is 11.3 Å². The molecule has 0 unspecified atom stereocenters. The summed E-state index contributed by atoms with van der Waals surface area (Å²) in [4.78, 5) is 4.35. The van der Waals surface area contributed by atoms with Crippen molar-refractivity contribution < 1.29 is 4.74 Å². The fraction of sp³-hybridized carbons (Fsp3) is 0.357. The van der Waals surface area contributed by atoms with E-state index >= 15 is 0 Å². The van der Waals surface area contributed by atoms with Crippen LogP contribution < -0.4 is 10.5 Å². The number of aromatic nitrogens is 1. The van der Waals surface area contributed by atoms with Gasteiger partial charge in [0.25, 0.3) is 0 Å². The smallest absolute Gasteiger partial charge is 0.145 e. The third-order valence-corrected chi connectivity index (χ3v) is 3.65. The molecule has 0 aliphatic carbocycles. The van der Waals surface area contributed by atoms with E-state index in [1.54, 1.807) is 6.20 Å². The number of fused-ring (bicyclic) bond motifs is 1. The molecule has 2 rings (SSSR count). The summed E-state index contributed by atoms with van der Waals surface area (Å²) in [7, 11) is 0. The van der Waals surface area contributed by atoms with Gasteiger partial charge in [-0.2, -0.15) is 11.8 Å². The predicted molar refractivity (Wildman–Crippen MR) is 79.3 cm³/mol. The average molecular weight is 262 g/mol. The summed E-state index contributed by atoms with van der Waals surface area (Å²) in [6.45, 7) is 2.89. The number of hydrogen-bond acceptors (Lipinski definition) is 4. The van der Waals surface area contributed by atoms with E-state index in [4.69, 9.17) is 10.5 Å². The van der Waals surface area contributed by atoms with E-state index < -0.39 is 0 Å². The van der Waals surface area contributed by atoms with E-state index in [0.717, 1.165) is 46.9 Å². The Morgan fingerprint density at radius 2 is 2.22 bits per heavy atom. The minimum Gasteiger partial charge on any atom is -0.491 e. The van der Waals surface area contributed by atoms with Gasteiger partial charge >= 0.3 is 0 Å². The fourth-order valence-corrected chi connectivity index (χ4v) is 2.38. The van der Waals surface area contributed by atoms with Crippen LogP contribution in [-0.4, -0.2) is 23.1 Å². The number of nitrogens with two attached hydrogens (primary N) is 1. The van der Waals surface area contributed by atoms with E-state index in [0.29, 0.717) is 0 Å². The molecule has 2 N–H and O–H groups in total. The Labute approximate surface area is 112 Å². The molecule has 2 aromatic rings. The second-order valence-corrected chi connectivity index (χ2v) is 5.35. The Bertz CT molecular complexity index is 516. The first-order valence-electron chi connectivity index (χ1n) is 6.16. The summed E-state index contributed by atoms with van der Waals surface area (Å²) in [6, 6.07) is 7.63. The number of ether oxygens (including phenoxy) is 1. The fourth-order valence-electron chi connectivity index (χ4n) is 1.77. The van der Waals surface area contributed by atoms with Gasteiger partial charge in [-0.25, -0.2) is 0 Å². The first-order valence-corrected chi connectivity index (χ1v) is 7.32. The maximum absolute atomic E-state index is 5.92. The van der Waals surface area contributed by atoms with Crippen molar-refractivity contribution in [2.45, 2.75) is 13.3 Å². The normalized spacial score (nSPS) is 10.7. The highest BCUT2D eigenvalue weighted by molar-refractivity contribution is 7.99. The minimum atomic E-state index is 0.725. The van der Waals surface area contributed by atoms with Gasteiger partial charge in [0.2, 0.25) is 0 Å². The number of anilines is 1. The van der Waals surface area contributed by atoms with Crippen LogP contribution >= 0.6 is 11.8 Å². The van der Waals surface area contributed by atoms with Gasteiger partial charge in [-0.15, -0.1) is 0 Å². The molecule has 0 bridgehead atoms. The summed E-state index contributed by atoms with van der Waals surface area (Å²) >= 11 is 1.93. The Hall–Kier alpha value is -1.42. The monoisotopic (exact) mass is 262 g/mol. The lowest BCUT2D eigenvalue weighted by atomic mass is 10.2. The molecule has 0 aliphatic heterocycles. The molecule has 0 fully saturated rings. The van der Waals surface area contributed by atoms with Gasteiger partial charge < -0.3 is 10.5 Å². The molecule has 0 saturated carbocycles. The van der Waals surface area contributed by atoms with Crippen molar-refractivity contribution in [2.75, 3.05) is 23.8 Å². The number of nitrogen functional groups attached to an aromatic ring is 1. The Morgan fingerprint density at radius 1 is 1.33 bits per heavy atom. The molecule has 1 heterocycles. The lowest BCUT2D eigenvalue weighted by Gasteiger charge is -2.09. The third-order valence-electron chi connectivity index (χ3n) is 2.66. The zero-order chi connectivity index (χ0) is 12.8. The lowest BCUT2D eigenvalue weighted by Crippen LogP contribution is -2.00. The molecule has 0 aliphatic rings. The summed E-state index contributed by atoms with van der Waals surface area (Å²) in [5.41, 5.74) is 7.51. The SMILES string of the molecule is CCSCCCOc1ccc(N)c2cccnc12. The lowest BCUT2D eigenvalue weighted by molar-refractivity contribution is 0.322. The predicted octanol–water partition coefficient (Wildman–Crippen LogP) is 3.34. The van der Waals surface area contributed by atoms with Gasteiger partial charge in [-0.3, -0.25) is 4.98 Å².